The van der Waals surface area contributed by atoms with Crippen molar-refractivity contribution in [3.8, 4) is 67.5 Å². The number of fused-ring (bicyclic) bond motifs is 8. The molecule has 11 rings (SSSR count). The van der Waals surface area contributed by atoms with Gasteiger partial charge in [0.15, 0.2) is 0 Å². The molecule has 0 spiro atoms. The van der Waals surface area contributed by atoms with Crippen molar-refractivity contribution in [2.75, 3.05) is 0 Å². The average molecular weight is 1010 g/mol. The lowest BCUT2D eigenvalue weighted by atomic mass is 10.0. The standard InChI is InChI=1S/C56H32F2N8O10/c57-37-27-51(49(65(71)72)29-47(37)63(67)68)75-35-24-34(25-36(26-35)76-52-28-38(58)48(64(69)70)30-50(52)66(73)74)56-45-22-20-43(61-45)54(32-12-6-2-7-13-32)41-18-16-39(59-41)53(31-10-4-1-5-11-31)40-17-19-42(60-40)55(33-14-8-3-9-15-33)44-21-23-46(56)62-44/h1-30,59,62H. The predicted molar refractivity (Wildman–Crippen MR) is 280 cm³/mol. The number of aromatic nitrogens is 4. The van der Waals surface area contributed by atoms with Crippen molar-refractivity contribution in [3.05, 3.63) is 233 Å². The van der Waals surface area contributed by atoms with E-state index in [1.807, 2.05) is 121 Å². The Bertz CT molecular complexity index is 4030. The molecule has 0 saturated carbocycles. The Hall–Kier alpha value is -11.0. The number of H-pyrrole nitrogens is 2. The summed E-state index contributed by atoms with van der Waals surface area (Å²) < 4.78 is 42.5. The number of ether oxygens (including phenoxy) is 2. The molecule has 8 bridgehead atoms. The van der Waals surface area contributed by atoms with E-state index < -0.39 is 65.6 Å². The van der Waals surface area contributed by atoms with Gasteiger partial charge in [-0.1, -0.05) is 91.0 Å². The monoisotopic (exact) mass is 1010 g/mol. The van der Waals surface area contributed by atoms with Crippen LogP contribution in [0, 0.1) is 52.1 Å². The fourth-order valence-corrected chi connectivity index (χ4v) is 9.12. The molecule has 2 aliphatic rings. The highest BCUT2D eigenvalue weighted by Crippen LogP contribution is 2.45. The Kier molecular flexibility index (Phi) is 12.0. The second-order valence-electron chi connectivity index (χ2n) is 17.1. The largest absolute Gasteiger partial charge is 0.450 e. The van der Waals surface area contributed by atoms with Gasteiger partial charge < -0.3 is 19.4 Å². The van der Waals surface area contributed by atoms with Gasteiger partial charge in [0, 0.05) is 62.5 Å². The first-order chi connectivity index (χ1) is 36.8. The van der Waals surface area contributed by atoms with E-state index in [0.717, 1.165) is 33.8 Å². The van der Waals surface area contributed by atoms with E-state index in [4.69, 9.17) is 19.4 Å². The van der Waals surface area contributed by atoms with Crippen LogP contribution >= 0.6 is 0 Å². The molecule has 18 nitrogen and oxygen atoms in total. The third kappa shape index (κ3) is 8.89. The van der Waals surface area contributed by atoms with E-state index in [1.54, 1.807) is 18.2 Å². The van der Waals surface area contributed by atoms with E-state index >= 15 is 8.78 Å². The van der Waals surface area contributed by atoms with Crippen molar-refractivity contribution < 1.29 is 37.9 Å². The van der Waals surface area contributed by atoms with Gasteiger partial charge in [-0.2, -0.15) is 8.78 Å². The summed E-state index contributed by atoms with van der Waals surface area (Å²) in [7, 11) is 0. The Morgan fingerprint density at radius 1 is 0.368 bits per heavy atom. The third-order valence-corrected chi connectivity index (χ3v) is 12.4. The summed E-state index contributed by atoms with van der Waals surface area (Å²) in [6.45, 7) is 0. The van der Waals surface area contributed by atoms with Crippen LogP contribution in [0.4, 0.5) is 31.5 Å². The zero-order valence-corrected chi connectivity index (χ0v) is 38.8. The molecule has 370 valence electrons. The van der Waals surface area contributed by atoms with Crippen LogP contribution in [-0.2, 0) is 0 Å². The van der Waals surface area contributed by atoms with Gasteiger partial charge in [0.25, 0.3) is 0 Å². The number of halogens is 2. The molecule has 0 atom stereocenters. The highest BCUT2D eigenvalue weighted by Gasteiger charge is 2.29. The maximum absolute atomic E-state index is 15.3. The number of nitro groups is 4. The number of aromatic amines is 2. The molecule has 0 aliphatic carbocycles. The lowest BCUT2D eigenvalue weighted by Gasteiger charge is -2.14. The second-order valence-corrected chi connectivity index (χ2v) is 17.1. The van der Waals surface area contributed by atoms with Gasteiger partial charge in [-0.3, -0.25) is 40.5 Å². The molecular formula is C56H32F2N8O10. The predicted octanol–water partition coefficient (Wildman–Crippen LogP) is 14.8. The van der Waals surface area contributed by atoms with Crippen LogP contribution in [0.2, 0.25) is 0 Å². The van der Waals surface area contributed by atoms with Gasteiger partial charge >= 0.3 is 22.7 Å². The number of hydrogen-bond acceptors (Lipinski definition) is 12. The Balaban J connectivity index is 1.24. The van der Waals surface area contributed by atoms with Crippen molar-refractivity contribution in [1.82, 2.24) is 19.9 Å². The number of nitrogens with zero attached hydrogens (tertiary/aromatic N) is 6. The lowest BCUT2D eigenvalue weighted by Crippen LogP contribution is -2.00. The summed E-state index contributed by atoms with van der Waals surface area (Å²) in [6.07, 6.45) is 7.41. The molecule has 2 aliphatic heterocycles. The van der Waals surface area contributed by atoms with Crippen LogP contribution in [0.5, 0.6) is 23.0 Å². The third-order valence-electron chi connectivity index (χ3n) is 12.4. The summed E-state index contributed by atoms with van der Waals surface area (Å²) in [4.78, 5) is 61.4. The summed E-state index contributed by atoms with van der Waals surface area (Å²) in [6, 6.07) is 42.0. The van der Waals surface area contributed by atoms with Crippen LogP contribution in [0.3, 0.4) is 0 Å². The quantitative estimate of drug-likeness (QED) is 0.0856. The molecule has 76 heavy (non-hydrogen) atoms. The number of hydrogen-bond donors (Lipinski definition) is 2. The van der Waals surface area contributed by atoms with Crippen LogP contribution in [0.15, 0.2) is 158 Å². The van der Waals surface area contributed by atoms with Crippen molar-refractivity contribution in [2.24, 2.45) is 0 Å². The van der Waals surface area contributed by atoms with Gasteiger partial charge in [0.1, 0.15) is 23.6 Å². The molecule has 5 heterocycles. The summed E-state index contributed by atoms with van der Waals surface area (Å²) in [5.74, 6) is -5.21. The fourth-order valence-electron chi connectivity index (χ4n) is 9.12. The fraction of sp³-hybridized carbons (Fsp3) is 0. The molecule has 9 aromatic rings. The first kappa shape index (κ1) is 47.3. The van der Waals surface area contributed by atoms with E-state index in [-0.39, 0.29) is 17.1 Å². The Morgan fingerprint density at radius 2 is 0.671 bits per heavy atom. The summed E-state index contributed by atoms with van der Waals surface area (Å²) in [5.41, 5.74) is 5.29. The van der Waals surface area contributed by atoms with E-state index in [2.05, 4.69) is 9.97 Å². The number of rotatable bonds is 12. The molecule has 0 amide bonds. The zero-order valence-electron chi connectivity index (χ0n) is 38.8. The minimum absolute atomic E-state index is 0.141. The molecule has 0 unspecified atom stereocenters. The van der Waals surface area contributed by atoms with Crippen LogP contribution in [0.25, 0.3) is 90.9 Å². The van der Waals surface area contributed by atoms with E-state index in [0.29, 0.717) is 80.3 Å². The smallest absolute Gasteiger partial charge is 0.318 e. The molecule has 6 aromatic carbocycles. The van der Waals surface area contributed by atoms with E-state index in [9.17, 15) is 40.5 Å². The lowest BCUT2D eigenvalue weighted by molar-refractivity contribution is -0.396. The second kappa shape index (κ2) is 19.2. The van der Waals surface area contributed by atoms with Crippen molar-refractivity contribution >= 4 is 69.1 Å². The number of benzene rings is 6. The van der Waals surface area contributed by atoms with Gasteiger partial charge in [0.2, 0.25) is 23.1 Å². The maximum Gasteiger partial charge on any atom is 0.318 e. The van der Waals surface area contributed by atoms with Gasteiger partial charge in [-0.25, -0.2) is 9.97 Å². The first-order valence-electron chi connectivity index (χ1n) is 22.9. The van der Waals surface area contributed by atoms with Crippen molar-refractivity contribution in [3.63, 3.8) is 0 Å². The average Bonchev–Trinajstić information content (AvgIpc) is 4.26. The van der Waals surface area contributed by atoms with Gasteiger partial charge in [-0.05, 0) is 83.0 Å². The normalized spacial score (nSPS) is 11.6. The molecule has 3 aromatic heterocycles. The molecule has 2 N–H and O–H groups in total. The molecule has 0 saturated heterocycles. The Labute approximate surface area is 425 Å². The van der Waals surface area contributed by atoms with Gasteiger partial charge in [0.05, 0.1) is 42.5 Å². The molecule has 20 heteroatoms. The highest BCUT2D eigenvalue weighted by molar-refractivity contribution is 6.00. The van der Waals surface area contributed by atoms with Crippen molar-refractivity contribution in [1.29, 1.82) is 0 Å². The summed E-state index contributed by atoms with van der Waals surface area (Å²) >= 11 is 0. The van der Waals surface area contributed by atoms with E-state index in [1.165, 1.54) is 12.1 Å². The SMILES string of the molecule is O=[N+]([O-])c1cc([N+](=O)[O-])c(Oc2cc(Oc3cc(F)c([N+](=O)[O-])cc3[N+](=O)[O-])cc(-c3c4nc(c(-c5ccccc5)c5ccc([nH]5)c(-c5ccccc5)c5nc(c(-c6ccccc6)c6ccc3[nH]6)C=C5)C=C4)c2)cc1F. The van der Waals surface area contributed by atoms with Crippen molar-refractivity contribution in [2.45, 2.75) is 0 Å². The summed E-state index contributed by atoms with van der Waals surface area (Å²) in [5, 5.41) is 48.0. The minimum Gasteiger partial charge on any atom is -0.450 e. The minimum atomic E-state index is -1.47. The maximum atomic E-state index is 15.3. The van der Waals surface area contributed by atoms with Crippen LogP contribution in [0.1, 0.15) is 22.8 Å². The highest BCUT2D eigenvalue weighted by atomic mass is 19.1. The molecular weight excluding hydrogens is 983 g/mol. The zero-order chi connectivity index (χ0) is 52.8. The first-order valence-corrected chi connectivity index (χ1v) is 22.9. The molecule has 0 fully saturated rings. The van der Waals surface area contributed by atoms with Gasteiger partial charge in [-0.15, -0.1) is 0 Å². The number of nitrogens with one attached hydrogen (secondary N) is 2. The van der Waals surface area contributed by atoms with Crippen LogP contribution in [-0.4, -0.2) is 39.6 Å². The molecule has 0 radical (unpaired) electrons. The Morgan fingerprint density at radius 3 is 0.974 bits per heavy atom. The number of nitro benzene ring substituents is 4. The topological polar surface area (TPSA) is 248 Å². The van der Waals surface area contributed by atoms with Crippen LogP contribution < -0.4 is 9.47 Å².